The number of nitrogens with zero attached hydrogens (tertiary/aromatic N) is 2. The van der Waals surface area contributed by atoms with E-state index in [1.165, 1.54) is 12.8 Å². The Balaban J connectivity index is 1.44. The Hall–Kier alpha value is -1.72. The van der Waals surface area contributed by atoms with Gasteiger partial charge in [-0.2, -0.15) is 0 Å². The van der Waals surface area contributed by atoms with Crippen LogP contribution < -0.4 is 5.32 Å². The van der Waals surface area contributed by atoms with Gasteiger partial charge in [-0.05, 0) is 43.7 Å². The zero-order valence-corrected chi connectivity index (χ0v) is 12.6. The zero-order valence-electron chi connectivity index (χ0n) is 12.6. The number of nitrogens with one attached hydrogen (secondary N) is 1. The Morgan fingerprint density at radius 1 is 1.09 bits per heavy atom. The van der Waals surface area contributed by atoms with Crippen molar-refractivity contribution >= 4 is 0 Å². The first kappa shape index (κ1) is 13.9. The lowest BCUT2D eigenvalue weighted by Crippen LogP contribution is -2.50. The lowest BCUT2D eigenvalue weighted by atomic mass is 9.85. The van der Waals surface area contributed by atoms with Crippen molar-refractivity contribution in [2.75, 3.05) is 13.2 Å². The highest BCUT2D eigenvalue weighted by Crippen LogP contribution is 2.45. The summed E-state index contributed by atoms with van der Waals surface area (Å²) in [5.41, 5.74) is 1.17. The molecule has 1 aromatic carbocycles. The van der Waals surface area contributed by atoms with Crippen LogP contribution in [0, 0.1) is 5.92 Å². The highest BCUT2D eigenvalue weighted by atomic mass is 16.5. The number of hydrogen-bond donors (Lipinski definition) is 1. The van der Waals surface area contributed by atoms with Crippen molar-refractivity contribution in [1.82, 2.24) is 15.5 Å². The molecule has 1 saturated heterocycles. The Kier molecular flexibility index (Phi) is 3.68. The van der Waals surface area contributed by atoms with Crippen molar-refractivity contribution in [2.45, 2.75) is 37.8 Å². The van der Waals surface area contributed by atoms with Gasteiger partial charge in [0.15, 0.2) is 0 Å². The van der Waals surface area contributed by atoms with E-state index < -0.39 is 0 Å². The maximum absolute atomic E-state index is 5.79. The molecule has 2 heterocycles. The third-order valence-corrected chi connectivity index (χ3v) is 4.82. The van der Waals surface area contributed by atoms with Crippen LogP contribution in [0.15, 0.2) is 34.7 Å². The molecule has 4 rings (SSSR count). The molecule has 2 aliphatic rings. The summed E-state index contributed by atoms with van der Waals surface area (Å²) in [6.45, 7) is 2.33. The third kappa shape index (κ3) is 2.78. The monoisotopic (exact) mass is 299 g/mol. The highest BCUT2D eigenvalue weighted by Gasteiger charge is 2.45. The van der Waals surface area contributed by atoms with Gasteiger partial charge in [0.1, 0.15) is 0 Å². The van der Waals surface area contributed by atoms with Crippen molar-refractivity contribution < 1.29 is 9.15 Å². The summed E-state index contributed by atoms with van der Waals surface area (Å²) in [6, 6.07) is 9.89. The average molecular weight is 299 g/mol. The lowest BCUT2D eigenvalue weighted by molar-refractivity contribution is 0.0269. The molecule has 1 aliphatic heterocycles. The second-order valence-electron chi connectivity index (χ2n) is 6.26. The molecule has 116 valence electrons. The smallest absolute Gasteiger partial charge is 0.247 e. The van der Waals surface area contributed by atoms with Crippen LogP contribution in [0.1, 0.15) is 31.6 Å². The fourth-order valence-electron chi connectivity index (χ4n) is 3.38. The molecular weight excluding hydrogens is 278 g/mol. The van der Waals surface area contributed by atoms with Crippen LogP contribution in [0.4, 0.5) is 0 Å². The SMILES string of the molecule is c1ccc(-c2nnc(CNC3(C4CC4)CCOCC3)o2)cc1. The minimum Gasteiger partial charge on any atom is -0.419 e. The normalized spacial score (nSPS) is 20.9. The number of rotatable bonds is 5. The van der Waals surface area contributed by atoms with Gasteiger partial charge in [-0.25, -0.2) is 0 Å². The molecule has 1 aromatic heterocycles. The molecule has 0 amide bonds. The molecule has 2 fully saturated rings. The van der Waals surface area contributed by atoms with Gasteiger partial charge >= 0.3 is 0 Å². The van der Waals surface area contributed by atoms with Crippen LogP contribution in [0.3, 0.4) is 0 Å². The largest absolute Gasteiger partial charge is 0.419 e. The fourth-order valence-corrected chi connectivity index (χ4v) is 3.38. The Morgan fingerprint density at radius 2 is 1.86 bits per heavy atom. The number of benzene rings is 1. The minimum absolute atomic E-state index is 0.208. The van der Waals surface area contributed by atoms with Gasteiger partial charge in [0.25, 0.3) is 0 Å². The van der Waals surface area contributed by atoms with Crippen molar-refractivity contribution in [2.24, 2.45) is 5.92 Å². The molecule has 1 aliphatic carbocycles. The first-order valence-corrected chi connectivity index (χ1v) is 8.06. The molecule has 0 atom stereocenters. The van der Waals surface area contributed by atoms with Gasteiger partial charge in [0.2, 0.25) is 11.8 Å². The molecular formula is C17H21N3O2. The summed E-state index contributed by atoms with van der Waals surface area (Å²) < 4.78 is 11.3. The topological polar surface area (TPSA) is 60.2 Å². The van der Waals surface area contributed by atoms with Crippen LogP contribution in [-0.4, -0.2) is 29.0 Å². The van der Waals surface area contributed by atoms with E-state index in [-0.39, 0.29) is 5.54 Å². The van der Waals surface area contributed by atoms with Crippen LogP contribution in [0.5, 0.6) is 0 Å². The van der Waals surface area contributed by atoms with Crippen LogP contribution >= 0.6 is 0 Å². The van der Waals surface area contributed by atoms with Gasteiger partial charge < -0.3 is 14.5 Å². The first-order chi connectivity index (χ1) is 10.9. The van der Waals surface area contributed by atoms with Crippen molar-refractivity contribution in [3.63, 3.8) is 0 Å². The zero-order chi connectivity index (χ0) is 14.8. The van der Waals surface area contributed by atoms with E-state index in [1.807, 2.05) is 30.3 Å². The van der Waals surface area contributed by atoms with Crippen molar-refractivity contribution in [3.8, 4) is 11.5 Å². The minimum atomic E-state index is 0.208. The summed E-state index contributed by atoms with van der Waals surface area (Å²) in [6.07, 6.45) is 4.81. The number of ether oxygens (including phenoxy) is 1. The third-order valence-electron chi connectivity index (χ3n) is 4.82. The quantitative estimate of drug-likeness (QED) is 0.920. The summed E-state index contributed by atoms with van der Waals surface area (Å²) in [5, 5.41) is 12.0. The molecule has 1 saturated carbocycles. The highest BCUT2D eigenvalue weighted by molar-refractivity contribution is 5.51. The predicted octanol–water partition coefficient (Wildman–Crippen LogP) is 2.79. The maximum atomic E-state index is 5.79. The van der Waals surface area contributed by atoms with E-state index in [4.69, 9.17) is 9.15 Å². The Bertz CT molecular complexity index is 616. The van der Waals surface area contributed by atoms with E-state index in [1.54, 1.807) is 0 Å². The molecule has 5 nitrogen and oxygen atoms in total. The summed E-state index contributed by atoms with van der Waals surface area (Å²) in [7, 11) is 0. The van der Waals surface area contributed by atoms with E-state index in [9.17, 15) is 0 Å². The van der Waals surface area contributed by atoms with E-state index >= 15 is 0 Å². The van der Waals surface area contributed by atoms with Crippen LogP contribution in [0.2, 0.25) is 0 Å². The average Bonchev–Trinajstić information content (AvgIpc) is 3.34. The molecule has 1 N–H and O–H groups in total. The summed E-state index contributed by atoms with van der Waals surface area (Å²) >= 11 is 0. The molecule has 0 radical (unpaired) electrons. The second-order valence-corrected chi connectivity index (χ2v) is 6.26. The molecule has 2 aromatic rings. The maximum Gasteiger partial charge on any atom is 0.247 e. The standard InChI is InChI=1S/C17H21N3O2/c1-2-4-13(5-3-1)16-20-19-15(22-16)12-18-17(14-6-7-14)8-10-21-11-9-17/h1-5,14,18H,6-12H2. The van der Waals surface area contributed by atoms with Gasteiger partial charge in [0, 0.05) is 24.3 Å². The Labute approximate surface area is 130 Å². The molecule has 5 heteroatoms. The van der Waals surface area contributed by atoms with Crippen molar-refractivity contribution in [3.05, 3.63) is 36.2 Å². The van der Waals surface area contributed by atoms with E-state index in [0.717, 1.165) is 37.5 Å². The van der Waals surface area contributed by atoms with Gasteiger partial charge in [0.05, 0.1) is 6.54 Å². The molecule has 0 spiro atoms. The molecule has 0 unspecified atom stereocenters. The Morgan fingerprint density at radius 3 is 2.59 bits per heavy atom. The van der Waals surface area contributed by atoms with Crippen LogP contribution in [0.25, 0.3) is 11.5 Å². The lowest BCUT2D eigenvalue weighted by Gasteiger charge is -2.38. The van der Waals surface area contributed by atoms with Gasteiger partial charge in [-0.15, -0.1) is 10.2 Å². The molecule has 0 bridgehead atoms. The van der Waals surface area contributed by atoms with Gasteiger partial charge in [-0.1, -0.05) is 18.2 Å². The van der Waals surface area contributed by atoms with Crippen molar-refractivity contribution in [1.29, 1.82) is 0 Å². The van der Waals surface area contributed by atoms with E-state index in [0.29, 0.717) is 18.3 Å². The number of aromatic nitrogens is 2. The van der Waals surface area contributed by atoms with Crippen LogP contribution in [-0.2, 0) is 11.3 Å². The fraction of sp³-hybridized carbons (Fsp3) is 0.529. The first-order valence-electron chi connectivity index (χ1n) is 8.06. The molecule has 22 heavy (non-hydrogen) atoms. The van der Waals surface area contributed by atoms with Gasteiger partial charge in [-0.3, -0.25) is 0 Å². The summed E-state index contributed by atoms with van der Waals surface area (Å²) in [4.78, 5) is 0. The summed E-state index contributed by atoms with van der Waals surface area (Å²) in [5.74, 6) is 2.03. The van der Waals surface area contributed by atoms with E-state index in [2.05, 4.69) is 15.5 Å². The number of hydrogen-bond acceptors (Lipinski definition) is 5. The second kappa shape index (κ2) is 5.82. The predicted molar refractivity (Wildman–Crippen MR) is 82.1 cm³/mol.